The first-order valence-electron chi connectivity index (χ1n) is 9.51. The van der Waals surface area contributed by atoms with Crippen molar-refractivity contribution in [3.63, 3.8) is 0 Å². The van der Waals surface area contributed by atoms with Crippen molar-refractivity contribution in [2.45, 2.75) is 38.1 Å². The molecule has 1 aliphatic rings. The lowest BCUT2D eigenvalue weighted by atomic mass is 9.84. The van der Waals surface area contributed by atoms with E-state index in [9.17, 15) is 14.7 Å². The lowest BCUT2D eigenvalue weighted by Crippen LogP contribution is -2.43. The fraction of sp³-hybridized carbons (Fsp3) is 0.364. The van der Waals surface area contributed by atoms with E-state index in [1.165, 1.54) is 6.42 Å². The Morgan fingerprint density at radius 1 is 1.07 bits per heavy atom. The number of carbonyl (C=O) groups excluding carboxylic acids is 2. The predicted octanol–water partition coefficient (Wildman–Crippen LogP) is 3.12. The molecule has 4 N–H and O–H groups in total. The van der Waals surface area contributed by atoms with Crippen LogP contribution in [-0.4, -0.2) is 29.6 Å². The van der Waals surface area contributed by atoms with E-state index < -0.39 is 5.91 Å². The van der Waals surface area contributed by atoms with Crippen LogP contribution in [0.4, 0.5) is 0 Å². The zero-order valence-electron chi connectivity index (χ0n) is 15.4. The zero-order valence-corrected chi connectivity index (χ0v) is 15.4. The SMILES string of the molecule is NC(=O)c1ccccc1-c1cccc(C(=O)N[C@H](CO)C2CCCCC2)c1. The fourth-order valence-electron chi connectivity index (χ4n) is 3.88. The maximum atomic E-state index is 12.7. The number of nitrogens with two attached hydrogens (primary N) is 1. The molecule has 142 valence electrons. The first-order chi connectivity index (χ1) is 13.1. The van der Waals surface area contributed by atoms with Gasteiger partial charge in [0.1, 0.15) is 0 Å². The minimum absolute atomic E-state index is 0.0550. The summed E-state index contributed by atoms with van der Waals surface area (Å²) >= 11 is 0. The van der Waals surface area contributed by atoms with Crippen LogP contribution in [0.3, 0.4) is 0 Å². The van der Waals surface area contributed by atoms with Crippen molar-refractivity contribution in [3.05, 3.63) is 59.7 Å². The number of aliphatic hydroxyl groups excluding tert-OH is 1. The van der Waals surface area contributed by atoms with Crippen LogP contribution in [0.1, 0.15) is 52.8 Å². The van der Waals surface area contributed by atoms with Crippen molar-refractivity contribution in [2.75, 3.05) is 6.61 Å². The molecular weight excluding hydrogens is 340 g/mol. The second kappa shape index (κ2) is 8.82. The van der Waals surface area contributed by atoms with Gasteiger partial charge in [-0.3, -0.25) is 9.59 Å². The molecule has 0 bridgehead atoms. The molecule has 2 aromatic rings. The van der Waals surface area contributed by atoms with Gasteiger partial charge >= 0.3 is 0 Å². The van der Waals surface area contributed by atoms with E-state index in [1.54, 1.807) is 30.3 Å². The minimum atomic E-state index is -0.502. The number of benzene rings is 2. The zero-order chi connectivity index (χ0) is 19.2. The van der Waals surface area contributed by atoms with E-state index >= 15 is 0 Å². The summed E-state index contributed by atoms with van der Waals surface area (Å²) in [5.41, 5.74) is 7.85. The van der Waals surface area contributed by atoms with Gasteiger partial charge in [-0.2, -0.15) is 0 Å². The third kappa shape index (κ3) is 4.55. The summed E-state index contributed by atoms with van der Waals surface area (Å²) in [6.07, 6.45) is 5.60. The highest BCUT2D eigenvalue weighted by molar-refractivity contribution is 6.01. The van der Waals surface area contributed by atoms with Gasteiger partial charge in [0.15, 0.2) is 0 Å². The summed E-state index contributed by atoms with van der Waals surface area (Å²) in [6, 6.07) is 14.0. The molecule has 5 heteroatoms. The number of amides is 2. The number of nitrogens with one attached hydrogen (secondary N) is 1. The third-order valence-electron chi connectivity index (χ3n) is 5.36. The molecule has 27 heavy (non-hydrogen) atoms. The number of aliphatic hydroxyl groups is 1. The van der Waals surface area contributed by atoms with Gasteiger partial charge in [0, 0.05) is 11.1 Å². The number of hydrogen-bond acceptors (Lipinski definition) is 3. The molecular formula is C22H26N2O3. The second-order valence-corrected chi connectivity index (χ2v) is 7.15. The van der Waals surface area contributed by atoms with Crippen molar-refractivity contribution < 1.29 is 14.7 Å². The Morgan fingerprint density at radius 3 is 2.52 bits per heavy atom. The second-order valence-electron chi connectivity index (χ2n) is 7.15. The van der Waals surface area contributed by atoms with Gasteiger partial charge in [-0.25, -0.2) is 0 Å². The number of rotatable bonds is 6. The summed E-state index contributed by atoms with van der Waals surface area (Å²) in [5, 5.41) is 12.7. The monoisotopic (exact) mass is 366 g/mol. The van der Waals surface area contributed by atoms with Crippen molar-refractivity contribution >= 4 is 11.8 Å². The standard InChI is InChI=1S/C22H26N2O3/c23-21(26)19-12-5-4-11-18(19)16-9-6-10-17(13-16)22(27)24-20(14-25)15-7-2-1-3-8-15/h4-6,9-13,15,20,25H,1-3,7-8,14H2,(H2,23,26)(H,24,27)/t20-/m1/s1. The van der Waals surface area contributed by atoms with Crippen LogP contribution in [-0.2, 0) is 0 Å². The van der Waals surface area contributed by atoms with Crippen LogP contribution in [0, 0.1) is 5.92 Å². The average Bonchev–Trinajstić information content (AvgIpc) is 2.72. The third-order valence-corrected chi connectivity index (χ3v) is 5.36. The Hall–Kier alpha value is -2.66. The van der Waals surface area contributed by atoms with Gasteiger partial charge in [0.25, 0.3) is 5.91 Å². The van der Waals surface area contributed by atoms with Crippen molar-refractivity contribution in [1.29, 1.82) is 0 Å². The molecule has 0 radical (unpaired) electrons. The predicted molar refractivity (Wildman–Crippen MR) is 105 cm³/mol. The molecule has 1 aliphatic carbocycles. The van der Waals surface area contributed by atoms with Gasteiger partial charge in [-0.15, -0.1) is 0 Å². The molecule has 0 heterocycles. The van der Waals surface area contributed by atoms with Gasteiger partial charge in [0.2, 0.25) is 5.91 Å². The van der Waals surface area contributed by atoms with Gasteiger partial charge < -0.3 is 16.2 Å². The number of primary amides is 1. The highest BCUT2D eigenvalue weighted by Crippen LogP contribution is 2.27. The smallest absolute Gasteiger partial charge is 0.251 e. The van der Waals surface area contributed by atoms with Gasteiger partial charge in [-0.05, 0) is 48.1 Å². The molecule has 2 amide bonds. The average molecular weight is 366 g/mol. The Bertz CT molecular complexity index is 813. The van der Waals surface area contributed by atoms with E-state index in [2.05, 4.69) is 5.32 Å². The molecule has 1 atom stereocenters. The van der Waals surface area contributed by atoms with Gasteiger partial charge in [0.05, 0.1) is 12.6 Å². The van der Waals surface area contributed by atoms with E-state index in [-0.39, 0.29) is 18.6 Å². The quantitative estimate of drug-likeness (QED) is 0.733. The molecule has 3 rings (SSSR count). The summed E-state index contributed by atoms with van der Waals surface area (Å²) in [4.78, 5) is 24.4. The normalized spacial score (nSPS) is 15.9. The number of carbonyl (C=O) groups is 2. The van der Waals surface area contributed by atoms with Crippen LogP contribution >= 0.6 is 0 Å². The molecule has 0 spiro atoms. The van der Waals surface area contributed by atoms with Crippen LogP contribution in [0.5, 0.6) is 0 Å². The minimum Gasteiger partial charge on any atom is -0.394 e. The molecule has 0 saturated heterocycles. The fourth-order valence-corrected chi connectivity index (χ4v) is 3.88. The summed E-state index contributed by atoms with van der Waals surface area (Å²) in [6.45, 7) is -0.0550. The van der Waals surface area contributed by atoms with Crippen molar-refractivity contribution in [3.8, 4) is 11.1 Å². The van der Waals surface area contributed by atoms with Crippen molar-refractivity contribution in [2.24, 2.45) is 11.7 Å². The first kappa shape index (κ1) is 19.1. The molecule has 0 unspecified atom stereocenters. The van der Waals surface area contributed by atoms with E-state index in [0.717, 1.165) is 31.2 Å². The Balaban J connectivity index is 1.81. The highest BCUT2D eigenvalue weighted by Gasteiger charge is 2.25. The molecule has 1 saturated carbocycles. The highest BCUT2D eigenvalue weighted by atomic mass is 16.3. The van der Waals surface area contributed by atoms with Gasteiger partial charge in [-0.1, -0.05) is 49.6 Å². The molecule has 0 aliphatic heterocycles. The van der Waals surface area contributed by atoms with E-state index in [0.29, 0.717) is 22.6 Å². The maximum Gasteiger partial charge on any atom is 0.251 e. The summed E-state index contributed by atoms with van der Waals surface area (Å²) in [5.74, 6) is -0.386. The van der Waals surface area contributed by atoms with Crippen molar-refractivity contribution in [1.82, 2.24) is 5.32 Å². The molecule has 1 fully saturated rings. The summed E-state index contributed by atoms with van der Waals surface area (Å²) in [7, 11) is 0. The van der Waals surface area contributed by atoms with Crippen LogP contribution < -0.4 is 11.1 Å². The van der Waals surface area contributed by atoms with Crippen LogP contribution in [0.25, 0.3) is 11.1 Å². The molecule has 0 aromatic heterocycles. The van der Waals surface area contributed by atoms with E-state index in [4.69, 9.17) is 5.73 Å². The summed E-state index contributed by atoms with van der Waals surface area (Å²) < 4.78 is 0. The Kier molecular flexibility index (Phi) is 6.24. The van der Waals surface area contributed by atoms with Crippen LogP contribution in [0.15, 0.2) is 48.5 Å². The lowest BCUT2D eigenvalue weighted by molar-refractivity contribution is 0.0870. The number of hydrogen-bond donors (Lipinski definition) is 3. The Labute approximate surface area is 159 Å². The molecule has 5 nitrogen and oxygen atoms in total. The van der Waals surface area contributed by atoms with E-state index in [1.807, 2.05) is 18.2 Å². The molecule has 2 aromatic carbocycles. The van der Waals surface area contributed by atoms with Crippen LogP contribution in [0.2, 0.25) is 0 Å². The first-order valence-corrected chi connectivity index (χ1v) is 9.51. The maximum absolute atomic E-state index is 12.7. The lowest BCUT2D eigenvalue weighted by Gasteiger charge is -2.29. The topological polar surface area (TPSA) is 92.4 Å². The largest absolute Gasteiger partial charge is 0.394 e. The Morgan fingerprint density at radius 2 is 1.81 bits per heavy atom.